The summed E-state index contributed by atoms with van der Waals surface area (Å²) in [5, 5.41) is 3.46. The van der Waals surface area contributed by atoms with Crippen LogP contribution in [0.3, 0.4) is 0 Å². The zero-order chi connectivity index (χ0) is 9.97. The van der Waals surface area contributed by atoms with Gasteiger partial charge in [0.2, 0.25) is 5.91 Å². The zero-order valence-corrected chi connectivity index (χ0v) is 9.09. The molecule has 0 aliphatic carbocycles. The summed E-state index contributed by atoms with van der Waals surface area (Å²) in [5.74, 6) is 0.679. The highest BCUT2D eigenvalue weighted by atomic mass is 35.5. The Balaban J connectivity index is 1.99. The first-order valence-corrected chi connectivity index (χ1v) is 5.95. The first-order chi connectivity index (χ1) is 6.83. The lowest BCUT2D eigenvalue weighted by Gasteiger charge is -2.37. The summed E-state index contributed by atoms with van der Waals surface area (Å²) in [6, 6.07) is 0.988. The van der Waals surface area contributed by atoms with Crippen LogP contribution in [-0.4, -0.2) is 41.9 Å². The van der Waals surface area contributed by atoms with E-state index in [1.807, 2.05) is 4.90 Å². The van der Waals surface area contributed by atoms with Crippen molar-refractivity contribution >= 4 is 17.5 Å². The minimum atomic E-state index is 0.235. The van der Waals surface area contributed by atoms with Crippen molar-refractivity contribution in [1.82, 2.24) is 10.2 Å². The van der Waals surface area contributed by atoms with E-state index in [2.05, 4.69) is 5.32 Å². The lowest BCUT2D eigenvalue weighted by Crippen LogP contribution is -2.51. The predicted molar refractivity (Wildman–Crippen MR) is 56.5 cm³/mol. The van der Waals surface area contributed by atoms with E-state index in [1.165, 1.54) is 6.42 Å². The van der Waals surface area contributed by atoms with Gasteiger partial charge in [-0.1, -0.05) is 0 Å². The molecule has 2 heterocycles. The summed E-state index contributed by atoms with van der Waals surface area (Å²) in [6.45, 7) is 1.98. The van der Waals surface area contributed by atoms with Gasteiger partial charge < -0.3 is 10.2 Å². The lowest BCUT2D eigenvalue weighted by atomic mass is 9.97. The molecule has 3 nitrogen and oxygen atoms in total. The second-order valence-electron chi connectivity index (χ2n) is 4.08. The van der Waals surface area contributed by atoms with Gasteiger partial charge in [-0.25, -0.2) is 0 Å². The summed E-state index contributed by atoms with van der Waals surface area (Å²) in [7, 11) is 0. The molecular formula is C10H17ClN2O. The molecule has 2 saturated heterocycles. The van der Waals surface area contributed by atoms with Crippen LogP contribution < -0.4 is 5.32 Å². The number of rotatable bonds is 2. The first-order valence-electron chi connectivity index (χ1n) is 5.42. The van der Waals surface area contributed by atoms with E-state index in [0.29, 0.717) is 24.4 Å². The van der Waals surface area contributed by atoms with Gasteiger partial charge in [-0.2, -0.15) is 0 Å². The van der Waals surface area contributed by atoms with Crippen molar-refractivity contribution < 1.29 is 4.79 Å². The van der Waals surface area contributed by atoms with Gasteiger partial charge in [0.1, 0.15) is 0 Å². The van der Waals surface area contributed by atoms with Crippen molar-refractivity contribution in [2.75, 3.05) is 19.0 Å². The molecule has 1 amide bonds. The number of piperidine rings is 1. The van der Waals surface area contributed by atoms with Crippen LogP contribution >= 0.6 is 11.6 Å². The molecule has 0 aromatic rings. The molecule has 0 bridgehead atoms. The highest BCUT2D eigenvalue weighted by molar-refractivity contribution is 6.18. The normalized spacial score (nSPS) is 31.6. The number of fused-ring (bicyclic) bond motifs is 1. The van der Waals surface area contributed by atoms with E-state index in [0.717, 1.165) is 25.9 Å². The third-order valence-corrected chi connectivity index (χ3v) is 3.44. The Morgan fingerprint density at radius 3 is 3.14 bits per heavy atom. The number of amides is 1. The van der Waals surface area contributed by atoms with E-state index in [4.69, 9.17) is 11.6 Å². The molecule has 14 heavy (non-hydrogen) atoms. The Bertz CT molecular complexity index is 222. The second kappa shape index (κ2) is 4.49. The Hall–Kier alpha value is -0.280. The molecule has 0 aromatic heterocycles. The summed E-state index contributed by atoms with van der Waals surface area (Å²) < 4.78 is 0. The minimum absolute atomic E-state index is 0.235. The monoisotopic (exact) mass is 216 g/mol. The summed E-state index contributed by atoms with van der Waals surface area (Å²) in [5.41, 5.74) is 0. The number of hydrogen-bond donors (Lipinski definition) is 1. The first kappa shape index (κ1) is 10.2. The van der Waals surface area contributed by atoms with E-state index < -0.39 is 0 Å². The average molecular weight is 217 g/mol. The van der Waals surface area contributed by atoms with Crippen LogP contribution in [0.1, 0.15) is 25.7 Å². The molecular weight excluding hydrogens is 200 g/mol. The average Bonchev–Trinajstić information content (AvgIpc) is 2.65. The second-order valence-corrected chi connectivity index (χ2v) is 4.46. The van der Waals surface area contributed by atoms with Gasteiger partial charge >= 0.3 is 0 Å². The van der Waals surface area contributed by atoms with Gasteiger partial charge in [0.05, 0.1) is 0 Å². The maximum absolute atomic E-state index is 11.8. The number of likely N-dealkylation sites (tertiary alicyclic amines) is 1. The van der Waals surface area contributed by atoms with Crippen LogP contribution in [0.5, 0.6) is 0 Å². The van der Waals surface area contributed by atoms with Crippen molar-refractivity contribution in [1.29, 1.82) is 0 Å². The van der Waals surface area contributed by atoms with Gasteiger partial charge in [-0.05, 0) is 25.8 Å². The molecule has 2 unspecified atom stereocenters. The van der Waals surface area contributed by atoms with E-state index in [1.54, 1.807) is 0 Å². The van der Waals surface area contributed by atoms with Crippen LogP contribution in [0.4, 0.5) is 0 Å². The fourth-order valence-corrected chi connectivity index (χ4v) is 2.76. The van der Waals surface area contributed by atoms with Crippen LogP contribution in [0, 0.1) is 0 Å². The standard InChI is InChI=1S/C10H17ClN2O/c11-5-3-10(14)13-7-1-2-8-9(13)4-6-12-8/h8-9,12H,1-7H2. The van der Waals surface area contributed by atoms with E-state index >= 15 is 0 Å². The van der Waals surface area contributed by atoms with Gasteiger partial charge in [0, 0.05) is 30.9 Å². The van der Waals surface area contributed by atoms with Gasteiger partial charge in [-0.3, -0.25) is 4.79 Å². The SMILES string of the molecule is O=C(CCCl)N1CCCC2NCCC21. The molecule has 2 atom stereocenters. The van der Waals surface area contributed by atoms with Crippen molar-refractivity contribution in [2.24, 2.45) is 0 Å². The van der Waals surface area contributed by atoms with Crippen LogP contribution in [0.2, 0.25) is 0 Å². The highest BCUT2D eigenvalue weighted by Crippen LogP contribution is 2.24. The van der Waals surface area contributed by atoms with Gasteiger partial charge in [0.25, 0.3) is 0 Å². The van der Waals surface area contributed by atoms with Crippen LogP contribution in [0.15, 0.2) is 0 Å². The molecule has 2 aliphatic rings. The molecule has 0 aromatic carbocycles. The maximum atomic E-state index is 11.8. The smallest absolute Gasteiger partial charge is 0.224 e. The Morgan fingerprint density at radius 1 is 1.50 bits per heavy atom. The highest BCUT2D eigenvalue weighted by Gasteiger charge is 2.36. The van der Waals surface area contributed by atoms with Crippen molar-refractivity contribution in [3.05, 3.63) is 0 Å². The zero-order valence-electron chi connectivity index (χ0n) is 8.34. The number of nitrogens with zero attached hydrogens (tertiary/aromatic N) is 1. The third kappa shape index (κ3) is 1.89. The van der Waals surface area contributed by atoms with Crippen molar-refractivity contribution in [2.45, 2.75) is 37.8 Å². The minimum Gasteiger partial charge on any atom is -0.338 e. The third-order valence-electron chi connectivity index (χ3n) is 3.25. The number of alkyl halides is 1. The number of halogens is 1. The van der Waals surface area contributed by atoms with Gasteiger partial charge in [0.15, 0.2) is 0 Å². The molecule has 0 spiro atoms. The molecule has 2 rings (SSSR count). The topological polar surface area (TPSA) is 32.3 Å². The fourth-order valence-electron chi connectivity index (χ4n) is 2.60. The quantitative estimate of drug-likeness (QED) is 0.698. The molecule has 2 fully saturated rings. The summed E-state index contributed by atoms with van der Waals surface area (Å²) >= 11 is 5.60. The molecule has 0 radical (unpaired) electrons. The van der Waals surface area contributed by atoms with Crippen molar-refractivity contribution in [3.63, 3.8) is 0 Å². The van der Waals surface area contributed by atoms with Gasteiger partial charge in [-0.15, -0.1) is 11.6 Å². The number of nitrogens with one attached hydrogen (secondary N) is 1. The van der Waals surface area contributed by atoms with E-state index in [9.17, 15) is 4.79 Å². The van der Waals surface area contributed by atoms with E-state index in [-0.39, 0.29) is 5.91 Å². The molecule has 80 valence electrons. The fraction of sp³-hybridized carbons (Fsp3) is 0.900. The van der Waals surface area contributed by atoms with Crippen LogP contribution in [-0.2, 0) is 4.79 Å². The number of carbonyl (C=O) groups is 1. The molecule has 1 N–H and O–H groups in total. The number of hydrogen-bond acceptors (Lipinski definition) is 2. The van der Waals surface area contributed by atoms with Crippen molar-refractivity contribution in [3.8, 4) is 0 Å². The summed E-state index contributed by atoms with van der Waals surface area (Å²) in [4.78, 5) is 13.8. The molecule has 0 saturated carbocycles. The number of carbonyl (C=O) groups excluding carboxylic acids is 1. The predicted octanol–water partition coefficient (Wildman–Crippen LogP) is 0.968. The largest absolute Gasteiger partial charge is 0.338 e. The molecule has 2 aliphatic heterocycles. The Kier molecular flexibility index (Phi) is 3.29. The van der Waals surface area contributed by atoms with Crippen LogP contribution in [0.25, 0.3) is 0 Å². The molecule has 4 heteroatoms. The lowest BCUT2D eigenvalue weighted by molar-refractivity contribution is -0.134. The Labute approximate surface area is 89.8 Å². The Morgan fingerprint density at radius 2 is 2.36 bits per heavy atom. The maximum Gasteiger partial charge on any atom is 0.224 e. The summed E-state index contributed by atoms with van der Waals surface area (Å²) in [6.07, 6.45) is 3.95.